The average Bonchev–Trinajstić information content (AvgIpc) is 2.79. The summed E-state index contributed by atoms with van der Waals surface area (Å²) in [7, 11) is 0. The van der Waals surface area contributed by atoms with E-state index >= 15 is 0 Å². The van der Waals surface area contributed by atoms with Crippen molar-refractivity contribution in [3.63, 3.8) is 0 Å². The molecule has 0 N–H and O–H groups in total. The van der Waals surface area contributed by atoms with Crippen LogP contribution in [0.1, 0.15) is 11.4 Å². The Bertz CT molecular complexity index is 773. The number of rotatable bonds is 4. The second kappa shape index (κ2) is 6.27. The van der Waals surface area contributed by atoms with E-state index in [4.69, 9.17) is 11.6 Å². The van der Waals surface area contributed by atoms with E-state index in [1.807, 2.05) is 39.3 Å². The molecule has 0 aliphatic heterocycles. The van der Waals surface area contributed by atoms with Gasteiger partial charge in [0.1, 0.15) is 11.6 Å². The summed E-state index contributed by atoms with van der Waals surface area (Å²) in [5.41, 5.74) is 2.69. The molecule has 0 aliphatic carbocycles. The summed E-state index contributed by atoms with van der Waals surface area (Å²) >= 11 is 7.84. The first-order valence-electron chi connectivity index (χ1n) is 6.48. The zero-order valence-corrected chi connectivity index (χ0v) is 14.0. The fourth-order valence-corrected chi connectivity index (χ4v) is 2.91. The predicted molar refractivity (Wildman–Crippen MR) is 90.2 cm³/mol. The van der Waals surface area contributed by atoms with Crippen molar-refractivity contribution in [2.24, 2.45) is 0 Å². The summed E-state index contributed by atoms with van der Waals surface area (Å²) in [5, 5.41) is 0. The highest BCUT2D eigenvalue weighted by Gasteiger charge is 2.13. The van der Waals surface area contributed by atoms with Crippen molar-refractivity contribution in [1.82, 2.24) is 14.5 Å². The fourth-order valence-electron chi connectivity index (χ4n) is 2.29. The molecule has 0 spiro atoms. The molecule has 0 fully saturated rings. The zero-order chi connectivity index (χ0) is 14.8. The van der Waals surface area contributed by atoms with E-state index in [9.17, 15) is 4.39 Å². The molecule has 0 aliphatic rings. The minimum atomic E-state index is -0.226. The Balaban J connectivity index is 2.13. The molecule has 0 bridgehead atoms. The summed E-state index contributed by atoms with van der Waals surface area (Å²) in [6.07, 6.45) is 4.15. The number of imidazole rings is 1. The number of halogens is 3. The van der Waals surface area contributed by atoms with Crippen LogP contribution in [0.2, 0.25) is 0 Å². The van der Waals surface area contributed by atoms with Gasteiger partial charge in [-0.15, -0.1) is 11.6 Å². The molecule has 0 saturated heterocycles. The number of alkyl halides is 1. The van der Waals surface area contributed by atoms with Crippen molar-refractivity contribution in [1.29, 1.82) is 0 Å². The largest absolute Gasteiger partial charge is 0.323 e. The number of fused-ring (bicyclic) bond motifs is 1. The van der Waals surface area contributed by atoms with Gasteiger partial charge in [-0.25, -0.2) is 9.37 Å². The Kier molecular flexibility index (Phi) is 4.40. The third-order valence-corrected chi connectivity index (χ3v) is 4.29. The molecule has 2 aromatic heterocycles. The lowest BCUT2D eigenvalue weighted by atomic mass is 10.2. The van der Waals surface area contributed by atoms with Crippen molar-refractivity contribution < 1.29 is 4.39 Å². The molecule has 0 atom stereocenters. The van der Waals surface area contributed by atoms with Crippen LogP contribution in [0.3, 0.4) is 0 Å². The van der Waals surface area contributed by atoms with Crippen LogP contribution in [-0.2, 0) is 13.0 Å². The number of aromatic nitrogens is 3. The van der Waals surface area contributed by atoms with Crippen molar-refractivity contribution in [2.45, 2.75) is 13.0 Å². The molecule has 3 rings (SSSR count). The average molecular weight is 416 g/mol. The molecule has 6 heteroatoms. The molecule has 0 saturated carbocycles. The van der Waals surface area contributed by atoms with Crippen LogP contribution < -0.4 is 0 Å². The normalized spacial score (nSPS) is 11.2. The van der Waals surface area contributed by atoms with Crippen LogP contribution in [0.25, 0.3) is 11.0 Å². The van der Waals surface area contributed by atoms with Gasteiger partial charge in [0.05, 0.1) is 14.6 Å². The standard InChI is InChI=1S/C15H12ClFIN3/c16-4-1-15-20-13-8-12(18)11(17)7-14(13)21(15)9-10-2-5-19-6-3-10/h2-3,5-8H,1,4,9H2. The third-order valence-electron chi connectivity index (χ3n) is 3.28. The van der Waals surface area contributed by atoms with E-state index in [0.717, 1.165) is 22.4 Å². The molecule has 0 unspecified atom stereocenters. The number of hydrogen-bond donors (Lipinski definition) is 0. The quantitative estimate of drug-likeness (QED) is 0.476. The minimum Gasteiger partial charge on any atom is -0.323 e. The second-order valence-corrected chi connectivity index (χ2v) is 6.20. The maximum absolute atomic E-state index is 13.9. The maximum Gasteiger partial charge on any atom is 0.138 e. The molecular formula is C15H12ClFIN3. The van der Waals surface area contributed by atoms with Crippen LogP contribution in [-0.4, -0.2) is 20.4 Å². The molecule has 0 radical (unpaired) electrons. The van der Waals surface area contributed by atoms with E-state index in [1.54, 1.807) is 24.5 Å². The summed E-state index contributed by atoms with van der Waals surface area (Å²) in [6, 6.07) is 7.20. The lowest BCUT2D eigenvalue weighted by Crippen LogP contribution is -2.06. The van der Waals surface area contributed by atoms with Crippen LogP contribution in [0.15, 0.2) is 36.7 Å². The summed E-state index contributed by atoms with van der Waals surface area (Å²) in [6.45, 7) is 0.630. The van der Waals surface area contributed by atoms with E-state index in [1.165, 1.54) is 0 Å². The number of pyridine rings is 1. The highest BCUT2D eigenvalue weighted by Crippen LogP contribution is 2.23. The van der Waals surface area contributed by atoms with Gasteiger partial charge in [0.15, 0.2) is 0 Å². The Morgan fingerprint density at radius 2 is 2.00 bits per heavy atom. The molecule has 108 valence electrons. The topological polar surface area (TPSA) is 30.7 Å². The highest BCUT2D eigenvalue weighted by atomic mass is 127. The van der Waals surface area contributed by atoms with Gasteiger partial charge in [0.25, 0.3) is 0 Å². The van der Waals surface area contributed by atoms with Gasteiger partial charge >= 0.3 is 0 Å². The lowest BCUT2D eigenvalue weighted by molar-refractivity contribution is 0.621. The van der Waals surface area contributed by atoms with Gasteiger partial charge < -0.3 is 4.57 Å². The second-order valence-electron chi connectivity index (χ2n) is 4.66. The molecule has 0 amide bonds. The Morgan fingerprint density at radius 1 is 1.24 bits per heavy atom. The summed E-state index contributed by atoms with van der Waals surface area (Å²) < 4.78 is 16.5. The monoisotopic (exact) mass is 415 g/mol. The molecule has 3 nitrogen and oxygen atoms in total. The molecule has 2 heterocycles. The maximum atomic E-state index is 13.9. The molecule has 3 aromatic rings. The van der Waals surface area contributed by atoms with E-state index in [2.05, 4.69) is 9.97 Å². The van der Waals surface area contributed by atoms with E-state index < -0.39 is 0 Å². The number of nitrogens with zero attached hydrogens (tertiary/aromatic N) is 3. The van der Waals surface area contributed by atoms with Gasteiger partial charge in [0.2, 0.25) is 0 Å². The van der Waals surface area contributed by atoms with Crippen molar-refractivity contribution in [3.8, 4) is 0 Å². The molecular weight excluding hydrogens is 404 g/mol. The first kappa shape index (κ1) is 14.7. The van der Waals surface area contributed by atoms with E-state index in [-0.39, 0.29) is 5.82 Å². The first-order chi connectivity index (χ1) is 10.2. The van der Waals surface area contributed by atoms with Crippen LogP contribution in [0, 0.1) is 9.39 Å². The molecule has 1 aromatic carbocycles. The third kappa shape index (κ3) is 3.03. The first-order valence-corrected chi connectivity index (χ1v) is 8.09. The Labute approximate surface area is 140 Å². The van der Waals surface area contributed by atoms with Crippen molar-refractivity contribution >= 4 is 45.2 Å². The van der Waals surface area contributed by atoms with Gasteiger partial charge in [-0.2, -0.15) is 0 Å². The number of benzene rings is 1. The summed E-state index contributed by atoms with van der Waals surface area (Å²) in [5.74, 6) is 1.13. The van der Waals surface area contributed by atoms with Gasteiger partial charge in [-0.1, -0.05) is 0 Å². The highest BCUT2D eigenvalue weighted by molar-refractivity contribution is 14.1. The minimum absolute atomic E-state index is 0.226. The van der Waals surface area contributed by atoms with Crippen molar-refractivity contribution in [3.05, 3.63) is 57.4 Å². The van der Waals surface area contributed by atoms with Gasteiger partial charge in [0, 0.05) is 37.3 Å². The number of hydrogen-bond acceptors (Lipinski definition) is 2. The Morgan fingerprint density at radius 3 is 2.71 bits per heavy atom. The number of aryl methyl sites for hydroxylation is 1. The van der Waals surface area contributed by atoms with Gasteiger partial charge in [-0.05, 0) is 46.4 Å². The lowest BCUT2D eigenvalue weighted by Gasteiger charge is -2.08. The SMILES string of the molecule is Fc1cc2c(cc1I)nc(CCCl)n2Cc1ccncc1. The van der Waals surface area contributed by atoms with Crippen LogP contribution >= 0.6 is 34.2 Å². The van der Waals surface area contributed by atoms with Crippen LogP contribution in [0.4, 0.5) is 4.39 Å². The fraction of sp³-hybridized carbons (Fsp3) is 0.200. The zero-order valence-electron chi connectivity index (χ0n) is 11.1. The van der Waals surface area contributed by atoms with E-state index in [0.29, 0.717) is 22.4 Å². The smallest absolute Gasteiger partial charge is 0.138 e. The predicted octanol–water partition coefficient (Wildman–Crippen LogP) is 4.00. The van der Waals surface area contributed by atoms with Crippen molar-refractivity contribution in [2.75, 3.05) is 5.88 Å². The molecule has 21 heavy (non-hydrogen) atoms. The van der Waals surface area contributed by atoms with Gasteiger partial charge in [-0.3, -0.25) is 4.98 Å². The summed E-state index contributed by atoms with van der Waals surface area (Å²) in [4.78, 5) is 8.61. The van der Waals surface area contributed by atoms with Crippen LogP contribution in [0.5, 0.6) is 0 Å². The Hall–Kier alpha value is -1.21.